The van der Waals surface area contributed by atoms with Crippen LogP contribution in [0.1, 0.15) is 51.1 Å². The maximum absolute atomic E-state index is 9.34. The first kappa shape index (κ1) is 13.4. The monoisotopic (exact) mass is 247 g/mol. The summed E-state index contributed by atoms with van der Waals surface area (Å²) >= 11 is 0. The van der Waals surface area contributed by atoms with Gasteiger partial charge in [0, 0.05) is 12.1 Å². The molecule has 1 atom stereocenters. The lowest BCUT2D eigenvalue weighted by molar-refractivity contribution is 0.131. The number of benzene rings is 1. The lowest BCUT2D eigenvalue weighted by Crippen LogP contribution is -2.36. The van der Waals surface area contributed by atoms with Crippen LogP contribution in [0.15, 0.2) is 24.3 Å². The standard InChI is InChI=1S/C16H25NO/c1-12-4-8-15(9-5-12)17(3)13(2)14-6-10-16(18)11-7-14/h6-7,10-13,15,18H,4-5,8-9H2,1-3H3. The van der Waals surface area contributed by atoms with Crippen LogP contribution in [0.5, 0.6) is 5.75 Å². The van der Waals surface area contributed by atoms with E-state index in [1.54, 1.807) is 12.1 Å². The molecule has 0 bridgehead atoms. The maximum atomic E-state index is 9.34. The number of rotatable bonds is 3. The Labute approximate surface area is 111 Å². The van der Waals surface area contributed by atoms with Crippen molar-refractivity contribution in [3.05, 3.63) is 29.8 Å². The normalized spacial score (nSPS) is 26.2. The van der Waals surface area contributed by atoms with Crippen molar-refractivity contribution < 1.29 is 5.11 Å². The average molecular weight is 247 g/mol. The number of phenolic OH excluding ortho intramolecular Hbond substituents is 1. The van der Waals surface area contributed by atoms with E-state index in [2.05, 4.69) is 25.8 Å². The molecule has 100 valence electrons. The van der Waals surface area contributed by atoms with Crippen LogP contribution in [0.3, 0.4) is 0 Å². The second kappa shape index (κ2) is 5.75. The number of hydrogen-bond acceptors (Lipinski definition) is 2. The lowest BCUT2D eigenvalue weighted by atomic mass is 9.86. The molecule has 0 saturated heterocycles. The van der Waals surface area contributed by atoms with E-state index in [0.29, 0.717) is 17.8 Å². The van der Waals surface area contributed by atoms with Gasteiger partial charge in [-0.3, -0.25) is 4.90 Å². The summed E-state index contributed by atoms with van der Waals surface area (Å²) in [6.07, 6.45) is 5.36. The van der Waals surface area contributed by atoms with Gasteiger partial charge in [0.25, 0.3) is 0 Å². The molecule has 1 saturated carbocycles. The average Bonchev–Trinajstić information content (AvgIpc) is 2.39. The molecule has 1 N–H and O–H groups in total. The summed E-state index contributed by atoms with van der Waals surface area (Å²) in [6, 6.07) is 8.75. The summed E-state index contributed by atoms with van der Waals surface area (Å²) in [5.41, 5.74) is 1.29. The van der Waals surface area contributed by atoms with E-state index in [4.69, 9.17) is 0 Å². The largest absolute Gasteiger partial charge is 0.508 e. The predicted octanol–water partition coefficient (Wildman–Crippen LogP) is 3.96. The maximum Gasteiger partial charge on any atom is 0.115 e. The molecular formula is C16H25NO. The predicted molar refractivity (Wildman–Crippen MR) is 75.7 cm³/mol. The number of nitrogens with zero attached hydrogens (tertiary/aromatic N) is 1. The van der Waals surface area contributed by atoms with Gasteiger partial charge >= 0.3 is 0 Å². The zero-order valence-electron chi connectivity index (χ0n) is 11.8. The van der Waals surface area contributed by atoms with Crippen molar-refractivity contribution in [2.45, 2.75) is 51.6 Å². The number of phenols is 1. The third-order valence-corrected chi connectivity index (χ3v) is 4.55. The van der Waals surface area contributed by atoms with Gasteiger partial charge in [-0.1, -0.05) is 19.1 Å². The third kappa shape index (κ3) is 3.05. The summed E-state index contributed by atoms with van der Waals surface area (Å²) in [6.45, 7) is 4.62. The molecule has 1 aromatic carbocycles. The molecule has 2 rings (SSSR count). The minimum Gasteiger partial charge on any atom is -0.508 e. The summed E-state index contributed by atoms with van der Waals surface area (Å²) in [5.74, 6) is 1.25. The van der Waals surface area contributed by atoms with Crippen molar-refractivity contribution in [1.29, 1.82) is 0 Å². The van der Waals surface area contributed by atoms with Crippen LogP contribution >= 0.6 is 0 Å². The topological polar surface area (TPSA) is 23.5 Å². The SMILES string of the molecule is CC1CCC(N(C)C(C)c2ccc(O)cc2)CC1. The molecule has 0 aliphatic heterocycles. The zero-order chi connectivity index (χ0) is 13.1. The van der Waals surface area contributed by atoms with E-state index in [-0.39, 0.29) is 0 Å². The number of aromatic hydroxyl groups is 1. The fourth-order valence-corrected chi connectivity index (χ4v) is 2.95. The number of hydrogen-bond donors (Lipinski definition) is 1. The lowest BCUT2D eigenvalue weighted by Gasteiger charge is -2.37. The molecule has 18 heavy (non-hydrogen) atoms. The Kier molecular flexibility index (Phi) is 4.28. The highest BCUT2D eigenvalue weighted by molar-refractivity contribution is 5.27. The molecule has 1 aliphatic rings. The molecule has 0 amide bonds. The van der Waals surface area contributed by atoms with E-state index in [1.165, 1.54) is 31.2 Å². The van der Waals surface area contributed by atoms with Gasteiger partial charge in [0.1, 0.15) is 5.75 Å². The van der Waals surface area contributed by atoms with Gasteiger partial charge in [-0.25, -0.2) is 0 Å². The van der Waals surface area contributed by atoms with Crippen molar-refractivity contribution in [3.63, 3.8) is 0 Å². The van der Waals surface area contributed by atoms with Crippen LogP contribution in [0, 0.1) is 5.92 Å². The summed E-state index contributed by atoms with van der Waals surface area (Å²) in [4.78, 5) is 2.50. The molecule has 2 nitrogen and oxygen atoms in total. The van der Waals surface area contributed by atoms with Crippen LogP contribution in [-0.4, -0.2) is 23.1 Å². The highest BCUT2D eigenvalue weighted by Crippen LogP contribution is 2.31. The Morgan fingerprint density at radius 3 is 2.22 bits per heavy atom. The molecule has 0 spiro atoms. The van der Waals surface area contributed by atoms with Gasteiger partial charge in [-0.2, -0.15) is 0 Å². The molecule has 1 aliphatic carbocycles. The van der Waals surface area contributed by atoms with Crippen molar-refractivity contribution in [2.24, 2.45) is 5.92 Å². The Morgan fingerprint density at radius 1 is 1.11 bits per heavy atom. The first-order valence-electron chi connectivity index (χ1n) is 7.08. The minimum absolute atomic E-state index is 0.347. The quantitative estimate of drug-likeness (QED) is 0.873. The van der Waals surface area contributed by atoms with Crippen molar-refractivity contribution in [1.82, 2.24) is 4.90 Å². The van der Waals surface area contributed by atoms with E-state index >= 15 is 0 Å². The highest BCUT2D eigenvalue weighted by Gasteiger charge is 2.25. The van der Waals surface area contributed by atoms with E-state index < -0.39 is 0 Å². The first-order valence-corrected chi connectivity index (χ1v) is 7.08. The van der Waals surface area contributed by atoms with Crippen molar-refractivity contribution in [3.8, 4) is 5.75 Å². The second-order valence-electron chi connectivity index (χ2n) is 5.85. The molecule has 0 heterocycles. The first-order chi connectivity index (χ1) is 8.58. The van der Waals surface area contributed by atoms with Gasteiger partial charge in [-0.05, 0) is 63.3 Å². The molecule has 0 radical (unpaired) electrons. The third-order valence-electron chi connectivity index (χ3n) is 4.55. The fraction of sp³-hybridized carbons (Fsp3) is 0.625. The highest BCUT2D eigenvalue weighted by atomic mass is 16.3. The Hall–Kier alpha value is -1.02. The van der Waals surface area contributed by atoms with E-state index in [1.807, 2.05) is 12.1 Å². The van der Waals surface area contributed by atoms with Gasteiger partial charge < -0.3 is 5.11 Å². The fourth-order valence-electron chi connectivity index (χ4n) is 2.95. The second-order valence-corrected chi connectivity index (χ2v) is 5.85. The van der Waals surface area contributed by atoms with Gasteiger partial charge in [0.05, 0.1) is 0 Å². The Balaban J connectivity index is 1.99. The van der Waals surface area contributed by atoms with Gasteiger partial charge in [0.2, 0.25) is 0 Å². The van der Waals surface area contributed by atoms with Gasteiger partial charge in [-0.15, -0.1) is 0 Å². The minimum atomic E-state index is 0.347. The molecule has 2 heteroatoms. The summed E-state index contributed by atoms with van der Waals surface area (Å²) in [7, 11) is 2.23. The summed E-state index contributed by atoms with van der Waals surface area (Å²) < 4.78 is 0. The zero-order valence-corrected chi connectivity index (χ0v) is 11.8. The van der Waals surface area contributed by atoms with Crippen LogP contribution in [-0.2, 0) is 0 Å². The molecule has 0 aromatic heterocycles. The van der Waals surface area contributed by atoms with E-state index in [9.17, 15) is 5.11 Å². The molecule has 1 unspecified atom stereocenters. The Morgan fingerprint density at radius 2 is 1.67 bits per heavy atom. The van der Waals surface area contributed by atoms with Gasteiger partial charge in [0.15, 0.2) is 0 Å². The van der Waals surface area contributed by atoms with Crippen molar-refractivity contribution in [2.75, 3.05) is 7.05 Å². The van der Waals surface area contributed by atoms with Crippen LogP contribution in [0.25, 0.3) is 0 Å². The Bertz CT molecular complexity index is 365. The van der Waals surface area contributed by atoms with Crippen LogP contribution < -0.4 is 0 Å². The smallest absolute Gasteiger partial charge is 0.115 e. The molecule has 1 aromatic rings. The van der Waals surface area contributed by atoms with Crippen LogP contribution in [0.2, 0.25) is 0 Å². The molecule has 1 fully saturated rings. The van der Waals surface area contributed by atoms with Crippen LogP contribution in [0.4, 0.5) is 0 Å². The summed E-state index contributed by atoms with van der Waals surface area (Å²) in [5, 5.41) is 9.34. The molecular weight excluding hydrogens is 222 g/mol. The van der Waals surface area contributed by atoms with E-state index in [0.717, 1.165) is 5.92 Å². The van der Waals surface area contributed by atoms with Crippen molar-refractivity contribution >= 4 is 0 Å².